The first-order valence-electron chi connectivity index (χ1n) is 42.6. The zero-order valence-electron chi connectivity index (χ0n) is 73.3. The van der Waals surface area contributed by atoms with E-state index in [1.165, 1.54) is 34.6 Å². The summed E-state index contributed by atoms with van der Waals surface area (Å²) < 4.78 is 116. The average Bonchev–Trinajstić information content (AvgIpc) is 1.65. The number of carbonyl (C=O) groups excluding carboxylic acids is 7. The molecular weight excluding hydrogens is 1610 g/mol. The number of ether oxygens (including phenoxy) is 11. The van der Waals surface area contributed by atoms with Gasteiger partial charge in [-0.15, -0.1) is 0 Å². The predicted molar refractivity (Wildman–Crippen MR) is 436 cm³/mol. The van der Waals surface area contributed by atoms with Crippen LogP contribution in [0.1, 0.15) is 207 Å². The number of halogens is 3. The smallest absolute Gasteiger partial charge is 0.338 e. The third-order valence-corrected chi connectivity index (χ3v) is 28.5. The molecule has 0 radical (unpaired) electrons. The van der Waals surface area contributed by atoms with Crippen LogP contribution >= 0.6 is 0 Å². The van der Waals surface area contributed by atoms with Gasteiger partial charge in [-0.25, -0.2) is 27.6 Å². The zero-order chi connectivity index (χ0) is 90.8. The summed E-state index contributed by atoms with van der Waals surface area (Å²) >= 11 is 0. The second kappa shape index (κ2) is 36.4. The van der Waals surface area contributed by atoms with Gasteiger partial charge in [0.25, 0.3) is 0 Å². The van der Waals surface area contributed by atoms with Crippen LogP contribution < -0.4 is 0 Å². The number of rotatable bonds is 18. The van der Waals surface area contributed by atoms with E-state index in [9.17, 15) is 79.5 Å². The number of hydrogen-bond donors (Lipinski definition) is 9. The molecule has 3 aromatic carbocycles. The second-order valence-corrected chi connectivity index (χ2v) is 38.3. The maximum atomic E-state index is 16.9. The van der Waals surface area contributed by atoms with Gasteiger partial charge in [-0.3, -0.25) is 19.2 Å². The number of hydrogen-bond acceptors (Lipinski definition) is 27. The molecule has 6 aliphatic carbocycles. The van der Waals surface area contributed by atoms with Gasteiger partial charge in [-0.05, 0) is 147 Å². The van der Waals surface area contributed by atoms with Crippen molar-refractivity contribution in [2.75, 3.05) is 39.6 Å². The summed E-state index contributed by atoms with van der Waals surface area (Å²) in [6.45, 7) is 26.8. The fraction of sp³-hybridized carbons (Fsp3) is 0.667. The van der Waals surface area contributed by atoms with Crippen molar-refractivity contribution >= 4 is 41.6 Å². The Kier molecular flexibility index (Phi) is 28.5. The van der Waals surface area contributed by atoms with Crippen LogP contribution in [0.2, 0.25) is 0 Å². The molecular formula is C93H125F3O27. The first kappa shape index (κ1) is 96.2. The Labute approximate surface area is 716 Å². The lowest BCUT2D eigenvalue weighted by Gasteiger charge is -2.65. The van der Waals surface area contributed by atoms with Gasteiger partial charge in [0.15, 0.2) is 28.4 Å². The van der Waals surface area contributed by atoms with E-state index >= 15 is 13.2 Å². The largest absolute Gasteiger partial charge is 0.458 e. The van der Waals surface area contributed by atoms with E-state index < -0.39 is 218 Å². The molecule has 0 amide bonds. The second-order valence-electron chi connectivity index (χ2n) is 38.3. The number of aliphatic hydroxyl groups is 9. The normalized spacial score (nSPS) is 38.5. The highest BCUT2D eigenvalue weighted by Gasteiger charge is 2.78. The number of aliphatic hydroxyl groups excluding tert-OH is 9. The molecule has 30 heteroatoms. The fourth-order valence-corrected chi connectivity index (χ4v) is 22.9. The minimum atomic E-state index is -1.94. The van der Waals surface area contributed by atoms with Gasteiger partial charge in [-0.2, -0.15) is 0 Å². The summed E-state index contributed by atoms with van der Waals surface area (Å²) in [6, 6.07) is 25.1. The quantitative estimate of drug-likeness (QED) is 0.0325. The Bertz CT molecular complexity index is 4460. The molecule has 27 nitrogen and oxygen atoms in total. The van der Waals surface area contributed by atoms with Crippen LogP contribution in [-0.4, -0.2) is 254 Å². The van der Waals surface area contributed by atoms with Gasteiger partial charge < -0.3 is 98.1 Å². The van der Waals surface area contributed by atoms with E-state index in [4.69, 9.17) is 52.1 Å². The third-order valence-electron chi connectivity index (χ3n) is 28.5. The summed E-state index contributed by atoms with van der Waals surface area (Å²) in [5.41, 5.74) is -8.77. The van der Waals surface area contributed by atoms with Crippen LogP contribution in [0.3, 0.4) is 0 Å². The Hall–Kier alpha value is -7.40. The van der Waals surface area contributed by atoms with Crippen LogP contribution in [-0.2, 0) is 71.3 Å². The van der Waals surface area contributed by atoms with Gasteiger partial charge in [0.2, 0.25) is 0 Å². The Morgan fingerprint density at radius 3 is 1.11 bits per heavy atom. The van der Waals surface area contributed by atoms with E-state index in [1.807, 2.05) is 13.8 Å². The minimum absolute atomic E-state index is 0.000854. The van der Waals surface area contributed by atoms with Crippen molar-refractivity contribution in [1.29, 1.82) is 0 Å². The SMILES string of the molecule is CC(=O)O[C@@]12CO[C@@H]1C[C@@H](F)[C@@]1(C)C(=O)[C@H](O)/C(=C(\C)[C@@H](O)CCO)C(C)(C)C[C@@H](OC(=O)c3ccccc3)[C@H]21.CC(=O)O[C@@]12CO[C@@H]1C[C@@H](F)[C@@]1(C)[C@@H]3OC(C)(C)O[C@@H]3/C(=C(\C)[C@@H](O)CCO)C(C)(C)C[C@@H](OC(=O)c3ccccc3)[C@H]21.CC(=O)O[C@@]12CO[C@@H]1C[C@@H](F)[C@@]1(C)[C@H](O)[C@H](O)/C(=C(\C)[C@@H](O)CCO)C(C)(C)C[C@@H](OC(=O)c3ccccc3)[C@H]21. The van der Waals surface area contributed by atoms with Crippen LogP contribution in [0.4, 0.5) is 13.2 Å². The van der Waals surface area contributed by atoms with Crippen molar-refractivity contribution in [3.05, 3.63) is 141 Å². The van der Waals surface area contributed by atoms with Crippen molar-refractivity contribution in [3.8, 4) is 0 Å². The number of esters is 6. The Balaban J connectivity index is 0.000000180. The molecule has 0 bridgehead atoms. The van der Waals surface area contributed by atoms with Gasteiger partial charge in [0.1, 0.15) is 73.5 Å². The highest BCUT2D eigenvalue weighted by atomic mass is 19.1. The predicted octanol–water partition coefficient (Wildman–Crippen LogP) is 9.47. The number of ketones is 1. The van der Waals surface area contributed by atoms with Crippen molar-refractivity contribution in [2.24, 2.45) is 50.2 Å². The van der Waals surface area contributed by atoms with E-state index in [0.717, 1.165) is 0 Å². The number of Topliss-reactive ketones (excluding diaryl/α,β-unsaturated/α-hetero) is 1. The van der Waals surface area contributed by atoms with E-state index in [0.29, 0.717) is 22.3 Å². The number of benzene rings is 3. The van der Waals surface area contributed by atoms with Crippen LogP contribution in [0.25, 0.3) is 0 Å². The summed E-state index contributed by atoms with van der Waals surface area (Å²) in [6.07, 6.45) is -20.9. The summed E-state index contributed by atoms with van der Waals surface area (Å²) in [5, 5.41) is 96.1. The maximum absolute atomic E-state index is 16.9. The Morgan fingerprint density at radius 1 is 0.439 bits per heavy atom. The average molecular weight is 1730 g/mol. The Morgan fingerprint density at radius 2 is 0.756 bits per heavy atom. The highest BCUT2D eigenvalue weighted by molar-refractivity contribution is 5.94. The minimum Gasteiger partial charge on any atom is -0.458 e. The van der Waals surface area contributed by atoms with E-state index in [1.54, 1.807) is 160 Å². The lowest BCUT2D eigenvalue weighted by atomic mass is 9.49. The number of carbonyl (C=O) groups is 7. The molecule has 3 aromatic rings. The molecule has 4 saturated heterocycles. The molecule has 4 aliphatic heterocycles. The molecule has 0 aromatic heterocycles. The summed E-state index contributed by atoms with van der Waals surface area (Å²) in [4.78, 5) is 92.1. The number of fused-ring (bicyclic) bond motifs is 11. The van der Waals surface area contributed by atoms with Crippen molar-refractivity contribution in [2.45, 2.75) is 302 Å². The summed E-state index contributed by atoms with van der Waals surface area (Å²) in [5.74, 6) is -8.85. The van der Waals surface area contributed by atoms with Crippen molar-refractivity contribution in [1.82, 2.24) is 0 Å². The molecule has 680 valence electrons. The van der Waals surface area contributed by atoms with E-state index in [2.05, 4.69) is 0 Å². The molecule has 4 heterocycles. The standard InChI is InChI=1S/C33H45FO9.C30H41FO9.C30H39FO9/c1-18(21(37)13-14-35)25-26-28(43-31(5,6)42-26)32(7)23(34)15-24-33(17-39-24,41-19(2)36)27(32)22(16-30(25,3)4)40-29(38)20-11-9-8-10-12-20;2*1-16(19(34)11-12-32)23-24(35)26(36)29(5)21(31)13-22-30(15-38-22,40-17(2)33)25(29)20(14-28(23,3)4)39-27(37)18-9-7-6-8-10-18/h8-12,21-24,26-28,35,37H,13-17H2,1-7H3;6-10,19-22,24-26,32,34-36H,11-15H2,1-5H3;6-10,19-22,24-25,32,34-35H,11-15H2,1-5H3/b25-18-;2*23-16-/t21-,22+,23+,24+,26+,27-,28+,32+,33-;19-,20+,21+,22+,24+,25-,26+,29+,30-;19-,20+,21+,22+,24+,25-,29+,30-/m000/s1. The van der Waals surface area contributed by atoms with Gasteiger partial charge >= 0.3 is 35.8 Å². The molecule has 0 spiro atoms. The molecule has 10 aliphatic rings. The van der Waals surface area contributed by atoms with E-state index in [-0.39, 0.29) is 125 Å². The van der Waals surface area contributed by atoms with Crippen LogP contribution in [0.15, 0.2) is 124 Å². The summed E-state index contributed by atoms with van der Waals surface area (Å²) in [7, 11) is 0. The monoisotopic (exact) mass is 1730 g/mol. The molecule has 9 N–H and O–H groups in total. The van der Waals surface area contributed by atoms with Gasteiger partial charge in [0.05, 0.1) is 90.2 Å². The third kappa shape index (κ3) is 17.6. The maximum Gasteiger partial charge on any atom is 0.338 e. The van der Waals surface area contributed by atoms with Gasteiger partial charge in [0, 0.05) is 89.9 Å². The van der Waals surface area contributed by atoms with Crippen molar-refractivity contribution in [3.63, 3.8) is 0 Å². The molecule has 13 rings (SSSR count). The van der Waals surface area contributed by atoms with Gasteiger partial charge in [-0.1, -0.05) is 110 Å². The van der Waals surface area contributed by atoms with Crippen LogP contribution in [0, 0.1) is 50.2 Å². The van der Waals surface area contributed by atoms with Crippen LogP contribution in [0.5, 0.6) is 0 Å². The van der Waals surface area contributed by atoms with Crippen molar-refractivity contribution < 1.29 is 145 Å². The first-order valence-corrected chi connectivity index (χ1v) is 42.6. The number of alkyl halides is 3. The molecule has 123 heavy (non-hydrogen) atoms. The molecule has 26 atom stereocenters. The zero-order valence-corrected chi connectivity index (χ0v) is 73.3. The molecule has 6 saturated carbocycles. The fourth-order valence-electron chi connectivity index (χ4n) is 22.9. The first-order chi connectivity index (χ1) is 57.5. The molecule has 0 unspecified atom stereocenters. The lowest BCUT2D eigenvalue weighted by Crippen LogP contribution is -2.78. The lowest BCUT2D eigenvalue weighted by molar-refractivity contribution is -0.343. The topological polar surface area (TPSA) is 403 Å². The molecule has 10 fully saturated rings. The highest BCUT2D eigenvalue weighted by Crippen LogP contribution is 2.67.